The Morgan fingerprint density at radius 2 is 1.95 bits per heavy atom. The maximum absolute atomic E-state index is 11.5. The van der Waals surface area contributed by atoms with Crippen molar-refractivity contribution < 1.29 is 19.1 Å². The van der Waals surface area contributed by atoms with E-state index in [4.69, 9.17) is 4.74 Å². The molecule has 0 bridgehead atoms. The number of benzene rings is 1. The molecule has 1 aromatic rings. The maximum Gasteiger partial charge on any atom is 0.337 e. The number of hydrogen-bond donors (Lipinski definition) is 1. The van der Waals surface area contributed by atoms with Crippen molar-refractivity contribution in [2.24, 2.45) is 5.92 Å². The molecule has 2 rings (SSSR count). The molecule has 1 fully saturated rings. The lowest BCUT2D eigenvalue weighted by Crippen LogP contribution is -2.30. The van der Waals surface area contributed by atoms with Crippen LogP contribution in [0.4, 0.5) is 0 Å². The van der Waals surface area contributed by atoms with Gasteiger partial charge in [-0.15, -0.1) is 0 Å². The summed E-state index contributed by atoms with van der Waals surface area (Å²) >= 11 is 0. The zero-order valence-electron chi connectivity index (χ0n) is 10.8. The molecule has 1 N–H and O–H groups in total. The Hall–Kier alpha value is -2.04. The van der Waals surface area contributed by atoms with Gasteiger partial charge in [0.1, 0.15) is 5.75 Å². The van der Waals surface area contributed by atoms with Crippen LogP contribution in [0.25, 0.3) is 0 Å². The van der Waals surface area contributed by atoms with Gasteiger partial charge < -0.3 is 14.8 Å². The number of carbonyl (C=O) groups excluding carboxylic acids is 2. The van der Waals surface area contributed by atoms with Gasteiger partial charge >= 0.3 is 5.97 Å². The first-order chi connectivity index (χ1) is 9.19. The molecule has 0 unspecified atom stereocenters. The summed E-state index contributed by atoms with van der Waals surface area (Å²) in [5.41, 5.74) is 0.452. The van der Waals surface area contributed by atoms with Crippen LogP contribution in [0.3, 0.4) is 0 Å². The van der Waals surface area contributed by atoms with Crippen molar-refractivity contribution in [2.75, 3.05) is 20.3 Å². The molecule has 1 amide bonds. The summed E-state index contributed by atoms with van der Waals surface area (Å²) in [4.78, 5) is 22.7. The minimum absolute atomic E-state index is 0.00963. The van der Waals surface area contributed by atoms with Crippen molar-refractivity contribution in [3.05, 3.63) is 29.8 Å². The molecule has 102 valence electrons. The molecule has 0 radical (unpaired) electrons. The van der Waals surface area contributed by atoms with E-state index in [0.29, 0.717) is 17.2 Å². The summed E-state index contributed by atoms with van der Waals surface area (Å²) in [7, 11) is 1.33. The van der Waals surface area contributed by atoms with Crippen LogP contribution >= 0.6 is 0 Å². The number of ether oxygens (including phenoxy) is 2. The van der Waals surface area contributed by atoms with Gasteiger partial charge in [0.15, 0.2) is 6.61 Å². The van der Waals surface area contributed by atoms with Crippen LogP contribution in [0.2, 0.25) is 0 Å². The largest absolute Gasteiger partial charge is 0.484 e. The lowest BCUT2D eigenvalue weighted by molar-refractivity contribution is -0.123. The molecule has 19 heavy (non-hydrogen) atoms. The van der Waals surface area contributed by atoms with Gasteiger partial charge in [0, 0.05) is 6.54 Å². The highest BCUT2D eigenvalue weighted by Gasteiger charge is 2.21. The fraction of sp³-hybridized carbons (Fsp3) is 0.429. The second-order valence-electron chi connectivity index (χ2n) is 4.55. The normalized spacial score (nSPS) is 13.7. The highest BCUT2D eigenvalue weighted by molar-refractivity contribution is 5.89. The van der Waals surface area contributed by atoms with E-state index in [1.54, 1.807) is 24.3 Å². The molecular formula is C14H17NO4. The number of nitrogens with one attached hydrogen (secondary N) is 1. The summed E-state index contributed by atoms with van der Waals surface area (Å²) in [5.74, 6) is 0.690. The second kappa shape index (κ2) is 6.22. The number of esters is 1. The summed E-state index contributed by atoms with van der Waals surface area (Å²) in [6, 6.07) is 6.48. The first kappa shape index (κ1) is 13.4. The van der Waals surface area contributed by atoms with Crippen molar-refractivity contribution in [1.82, 2.24) is 5.32 Å². The smallest absolute Gasteiger partial charge is 0.337 e. The van der Waals surface area contributed by atoms with Crippen molar-refractivity contribution in [3.63, 3.8) is 0 Å². The topological polar surface area (TPSA) is 64.6 Å². The van der Waals surface area contributed by atoms with Crippen LogP contribution in [0.1, 0.15) is 23.2 Å². The third kappa shape index (κ3) is 4.28. The molecule has 5 heteroatoms. The second-order valence-corrected chi connectivity index (χ2v) is 4.55. The number of amides is 1. The van der Waals surface area contributed by atoms with E-state index in [9.17, 15) is 9.59 Å². The van der Waals surface area contributed by atoms with Crippen LogP contribution in [0.15, 0.2) is 24.3 Å². The standard InChI is InChI=1S/C14H17NO4/c1-18-14(17)11-4-6-12(7-5-11)19-9-13(16)15-8-10-2-3-10/h4-7,10H,2-3,8-9H2,1H3,(H,15,16). The van der Waals surface area contributed by atoms with Crippen LogP contribution < -0.4 is 10.1 Å². The molecule has 0 spiro atoms. The van der Waals surface area contributed by atoms with Crippen LogP contribution in [0.5, 0.6) is 5.75 Å². The van der Waals surface area contributed by atoms with Crippen LogP contribution in [0, 0.1) is 5.92 Å². The highest BCUT2D eigenvalue weighted by atomic mass is 16.5. The van der Waals surface area contributed by atoms with E-state index in [1.807, 2.05) is 0 Å². The third-order valence-electron chi connectivity index (χ3n) is 2.93. The fourth-order valence-corrected chi connectivity index (χ4v) is 1.59. The molecule has 0 saturated heterocycles. The lowest BCUT2D eigenvalue weighted by atomic mass is 10.2. The Bertz CT molecular complexity index is 451. The van der Waals surface area contributed by atoms with Gasteiger partial charge in [-0.2, -0.15) is 0 Å². The van der Waals surface area contributed by atoms with Gasteiger partial charge in [-0.1, -0.05) is 0 Å². The summed E-state index contributed by atoms with van der Waals surface area (Å²) in [6.07, 6.45) is 2.41. The molecule has 1 aliphatic rings. The van der Waals surface area contributed by atoms with Crippen molar-refractivity contribution in [1.29, 1.82) is 0 Å². The minimum Gasteiger partial charge on any atom is -0.484 e. The molecule has 0 aromatic heterocycles. The number of methoxy groups -OCH3 is 1. The average Bonchev–Trinajstić information content (AvgIpc) is 3.26. The minimum atomic E-state index is -0.395. The predicted octanol–water partition coefficient (Wildman–Crippen LogP) is 1.38. The van der Waals surface area contributed by atoms with Gasteiger partial charge in [0.05, 0.1) is 12.7 Å². The summed E-state index contributed by atoms with van der Waals surface area (Å²) < 4.78 is 9.92. The average molecular weight is 263 g/mol. The lowest BCUT2D eigenvalue weighted by Gasteiger charge is -2.07. The number of hydrogen-bond acceptors (Lipinski definition) is 4. The summed E-state index contributed by atoms with van der Waals surface area (Å²) in [5, 5.41) is 2.82. The molecule has 0 heterocycles. The first-order valence-corrected chi connectivity index (χ1v) is 6.27. The van der Waals surface area contributed by atoms with E-state index in [2.05, 4.69) is 10.1 Å². The van der Waals surface area contributed by atoms with Gasteiger partial charge in [-0.05, 0) is 43.0 Å². The molecular weight excluding hydrogens is 246 g/mol. The Labute approximate surface area is 111 Å². The van der Waals surface area contributed by atoms with Gasteiger partial charge in [-0.25, -0.2) is 4.79 Å². The van der Waals surface area contributed by atoms with E-state index in [1.165, 1.54) is 20.0 Å². The van der Waals surface area contributed by atoms with E-state index in [0.717, 1.165) is 6.54 Å². The SMILES string of the molecule is COC(=O)c1ccc(OCC(=O)NCC2CC2)cc1. The van der Waals surface area contributed by atoms with Crippen LogP contribution in [-0.2, 0) is 9.53 Å². The monoisotopic (exact) mass is 263 g/mol. The van der Waals surface area contributed by atoms with Crippen molar-refractivity contribution in [3.8, 4) is 5.75 Å². The Morgan fingerprint density at radius 1 is 1.26 bits per heavy atom. The first-order valence-electron chi connectivity index (χ1n) is 6.27. The molecule has 1 saturated carbocycles. The zero-order valence-corrected chi connectivity index (χ0v) is 10.8. The number of rotatable bonds is 6. The van der Waals surface area contributed by atoms with E-state index in [-0.39, 0.29) is 12.5 Å². The van der Waals surface area contributed by atoms with Crippen molar-refractivity contribution >= 4 is 11.9 Å². The fourth-order valence-electron chi connectivity index (χ4n) is 1.59. The summed E-state index contributed by atoms with van der Waals surface area (Å²) in [6.45, 7) is 0.730. The quantitative estimate of drug-likeness (QED) is 0.787. The van der Waals surface area contributed by atoms with E-state index >= 15 is 0 Å². The molecule has 5 nitrogen and oxygen atoms in total. The Balaban J connectivity index is 1.75. The highest BCUT2D eigenvalue weighted by Crippen LogP contribution is 2.27. The van der Waals surface area contributed by atoms with Gasteiger partial charge in [0.25, 0.3) is 5.91 Å². The van der Waals surface area contributed by atoms with Crippen molar-refractivity contribution in [2.45, 2.75) is 12.8 Å². The number of carbonyl (C=O) groups is 2. The molecule has 1 aromatic carbocycles. The molecule has 0 aliphatic heterocycles. The van der Waals surface area contributed by atoms with Gasteiger partial charge in [-0.3, -0.25) is 4.79 Å². The Morgan fingerprint density at radius 3 is 2.53 bits per heavy atom. The molecule has 0 atom stereocenters. The Kier molecular flexibility index (Phi) is 4.39. The van der Waals surface area contributed by atoms with Gasteiger partial charge in [0.2, 0.25) is 0 Å². The third-order valence-corrected chi connectivity index (χ3v) is 2.93. The zero-order chi connectivity index (χ0) is 13.7. The van der Waals surface area contributed by atoms with Crippen LogP contribution in [-0.4, -0.2) is 32.1 Å². The predicted molar refractivity (Wildman–Crippen MR) is 69.0 cm³/mol. The van der Waals surface area contributed by atoms with E-state index < -0.39 is 5.97 Å². The maximum atomic E-state index is 11.5. The molecule has 1 aliphatic carbocycles.